The van der Waals surface area contributed by atoms with Gasteiger partial charge in [-0.15, -0.1) is 0 Å². The Kier molecular flexibility index (Phi) is 3.48. The van der Waals surface area contributed by atoms with E-state index in [0.717, 1.165) is 23.7 Å². The third-order valence-electron chi connectivity index (χ3n) is 3.62. The molecule has 1 fully saturated rings. The van der Waals surface area contributed by atoms with E-state index in [1.165, 1.54) is 0 Å². The number of anilines is 1. The lowest BCUT2D eigenvalue weighted by molar-refractivity contribution is 0.171. The van der Waals surface area contributed by atoms with Crippen molar-refractivity contribution in [1.29, 1.82) is 0 Å². The number of β-amino-alcohol motifs (C(OH)–C–C–N with tert-alkyl or cyclic N) is 1. The van der Waals surface area contributed by atoms with Crippen molar-refractivity contribution < 1.29 is 14.6 Å². The first kappa shape index (κ1) is 12.6. The van der Waals surface area contributed by atoms with Crippen molar-refractivity contribution in [1.82, 2.24) is 5.32 Å². The largest absolute Gasteiger partial charge is 0.486 e. The van der Waals surface area contributed by atoms with Crippen LogP contribution < -0.4 is 19.7 Å². The van der Waals surface area contributed by atoms with E-state index in [-0.39, 0.29) is 6.10 Å². The first-order chi connectivity index (χ1) is 9.24. The zero-order chi connectivity index (χ0) is 13.2. The Hall–Kier alpha value is -1.46. The number of benzene rings is 1. The fourth-order valence-corrected chi connectivity index (χ4v) is 2.61. The third kappa shape index (κ3) is 2.62. The van der Waals surface area contributed by atoms with E-state index >= 15 is 0 Å². The van der Waals surface area contributed by atoms with Crippen LogP contribution in [-0.2, 0) is 0 Å². The zero-order valence-electron chi connectivity index (χ0n) is 11.1. The lowest BCUT2D eigenvalue weighted by Crippen LogP contribution is -2.39. The third-order valence-corrected chi connectivity index (χ3v) is 3.62. The number of nitrogens with one attached hydrogen (secondary N) is 1. The maximum Gasteiger partial charge on any atom is 0.163 e. The molecule has 2 heterocycles. The number of aliphatic hydroxyl groups is 1. The molecule has 0 saturated carbocycles. The lowest BCUT2D eigenvalue weighted by atomic mass is 10.2. The number of ether oxygens (including phenoxy) is 2. The second kappa shape index (κ2) is 5.27. The summed E-state index contributed by atoms with van der Waals surface area (Å²) in [5, 5.41) is 13.2. The van der Waals surface area contributed by atoms with Crippen molar-refractivity contribution in [3.63, 3.8) is 0 Å². The lowest BCUT2D eigenvalue weighted by Gasteiger charge is -2.31. The average molecular weight is 264 g/mol. The van der Waals surface area contributed by atoms with Gasteiger partial charge in [0.2, 0.25) is 0 Å². The molecular formula is C14H20N2O3. The van der Waals surface area contributed by atoms with Crippen molar-refractivity contribution in [3.05, 3.63) is 18.2 Å². The number of hydrogen-bond donors (Lipinski definition) is 2. The molecule has 0 amide bonds. The summed E-state index contributed by atoms with van der Waals surface area (Å²) in [6.45, 7) is 5.50. The van der Waals surface area contributed by atoms with Gasteiger partial charge in [0.05, 0.1) is 6.10 Å². The molecule has 2 aliphatic rings. The van der Waals surface area contributed by atoms with E-state index in [0.29, 0.717) is 32.3 Å². The second-order valence-electron chi connectivity index (χ2n) is 5.14. The molecule has 0 bridgehead atoms. The molecule has 1 aromatic rings. The van der Waals surface area contributed by atoms with Gasteiger partial charge in [0, 0.05) is 37.4 Å². The van der Waals surface area contributed by atoms with E-state index in [4.69, 9.17) is 9.47 Å². The number of rotatable bonds is 1. The first-order valence-corrected chi connectivity index (χ1v) is 6.79. The summed E-state index contributed by atoms with van der Waals surface area (Å²) in [5.41, 5.74) is 1.07. The van der Waals surface area contributed by atoms with Crippen molar-refractivity contribution in [2.75, 3.05) is 37.7 Å². The maximum atomic E-state index is 9.92. The van der Waals surface area contributed by atoms with Crippen LogP contribution in [-0.4, -0.2) is 50.1 Å². The summed E-state index contributed by atoms with van der Waals surface area (Å²) in [6, 6.07) is 6.31. The molecule has 104 valence electrons. The number of nitrogens with zero attached hydrogens (tertiary/aromatic N) is 1. The molecule has 0 aromatic heterocycles. The van der Waals surface area contributed by atoms with Crippen LogP contribution in [0.4, 0.5) is 5.69 Å². The first-order valence-electron chi connectivity index (χ1n) is 6.79. The van der Waals surface area contributed by atoms with Gasteiger partial charge in [-0.3, -0.25) is 0 Å². The van der Waals surface area contributed by atoms with Crippen LogP contribution in [0.5, 0.6) is 11.5 Å². The quantitative estimate of drug-likeness (QED) is 0.778. The minimum atomic E-state index is -0.349. The fourth-order valence-electron chi connectivity index (χ4n) is 2.61. The van der Waals surface area contributed by atoms with Gasteiger partial charge in [-0.25, -0.2) is 0 Å². The Morgan fingerprint density at radius 3 is 2.84 bits per heavy atom. The minimum Gasteiger partial charge on any atom is -0.486 e. The summed E-state index contributed by atoms with van der Waals surface area (Å²) < 4.78 is 11.2. The van der Waals surface area contributed by atoms with E-state index in [1.54, 1.807) is 0 Å². The fraction of sp³-hybridized carbons (Fsp3) is 0.571. The predicted octanol–water partition coefficient (Wildman–Crippen LogP) is 0.617. The van der Waals surface area contributed by atoms with Crippen LogP contribution in [0.25, 0.3) is 0 Å². The minimum absolute atomic E-state index is 0.333. The normalized spacial score (nSPS) is 26.9. The van der Waals surface area contributed by atoms with Gasteiger partial charge in [-0.05, 0) is 19.1 Å². The standard InChI is InChI=1S/C14H20N2O3/c1-10-7-15-8-12(17)9-16(10)11-2-3-13-14(6-11)19-5-4-18-13/h2-3,6,10,12,15,17H,4-5,7-9H2,1H3. The van der Waals surface area contributed by atoms with Crippen molar-refractivity contribution in [2.45, 2.75) is 19.1 Å². The molecule has 1 saturated heterocycles. The molecule has 2 N–H and O–H groups in total. The van der Waals surface area contributed by atoms with Crippen molar-refractivity contribution >= 4 is 5.69 Å². The smallest absolute Gasteiger partial charge is 0.163 e. The molecule has 0 aliphatic carbocycles. The number of fused-ring (bicyclic) bond motifs is 1. The predicted molar refractivity (Wildman–Crippen MR) is 73.1 cm³/mol. The molecule has 0 radical (unpaired) electrons. The highest BCUT2D eigenvalue weighted by Gasteiger charge is 2.23. The van der Waals surface area contributed by atoms with Gasteiger partial charge in [-0.1, -0.05) is 0 Å². The van der Waals surface area contributed by atoms with Crippen LogP contribution in [0, 0.1) is 0 Å². The maximum absolute atomic E-state index is 9.92. The van der Waals surface area contributed by atoms with Gasteiger partial charge >= 0.3 is 0 Å². The van der Waals surface area contributed by atoms with Gasteiger partial charge in [0.1, 0.15) is 13.2 Å². The van der Waals surface area contributed by atoms with E-state index < -0.39 is 0 Å². The van der Waals surface area contributed by atoms with Gasteiger partial charge in [0.15, 0.2) is 11.5 Å². The van der Waals surface area contributed by atoms with Crippen LogP contribution >= 0.6 is 0 Å². The number of hydrogen-bond acceptors (Lipinski definition) is 5. The monoisotopic (exact) mass is 264 g/mol. The van der Waals surface area contributed by atoms with Crippen LogP contribution in [0.2, 0.25) is 0 Å². The van der Waals surface area contributed by atoms with Crippen LogP contribution in [0.3, 0.4) is 0 Å². The Balaban J connectivity index is 1.87. The molecule has 2 aliphatic heterocycles. The average Bonchev–Trinajstić information content (AvgIpc) is 2.60. The van der Waals surface area contributed by atoms with E-state index in [1.807, 2.05) is 18.2 Å². The second-order valence-corrected chi connectivity index (χ2v) is 5.14. The number of aliphatic hydroxyl groups excluding tert-OH is 1. The Labute approximate surface area is 113 Å². The topological polar surface area (TPSA) is 54.0 Å². The summed E-state index contributed by atoms with van der Waals surface area (Å²) in [6.07, 6.45) is -0.349. The van der Waals surface area contributed by atoms with Gasteiger partial charge in [0.25, 0.3) is 0 Å². The Bertz CT molecular complexity index is 452. The highest BCUT2D eigenvalue weighted by atomic mass is 16.6. The molecule has 0 spiro atoms. The highest BCUT2D eigenvalue weighted by Crippen LogP contribution is 2.34. The molecule has 5 heteroatoms. The molecule has 5 nitrogen and oxygen atoms in total. The summed E-state index contributed by atoms with van der Waals surface area (Å²) in [7, 11) is 0. The molecule has 3 rings (SSSR count). The van der Waals surface area contributed by atoms with Crippen LogP contribution in [0.1, 0.15) is 6.92 Å². The van der Waals surface area contributed by atoms with E-state index in [9.17, 15) is 5.11 Å². The molecule has 2 atom stereocenters. The molecule has 2 unspecified atom stereocenters. The summed E-state index contributed by atoms with van der Waals surface area (Å²) >= 11 is 0. The summed E-state index contributed by atoms with van der Waals surface area (Å²) in [4.78, 5) is 2.21. The Morgan fingerprint density at radius 2 is 2.00 bits per heavy atom. The van der Waals surface area contributed by atoms with Gasteiger partial charge in [-0.2, -0.15) is 0 Å². The van der Waals surface area contributed by atoms with E-state index in [2.05, 4.69) is 17.1 Å². The summed E-state index contributed by atoms with van der Waals surface area (Å²) in [5.74, 6) is 1.60. The highest BCUT2D eigenvalue weighted by molar-refractivity contribution is 5.57. The zero-order valence-corrected chi connectivity index (χ0v) is 11.1. The van der Waals surface area contributed by atoms with Crippen molar-refractivity contribution in [3.8, 4) is 11.5 Å². The molecular weight excluding hydrogens is 244 g/mol. The van der Waals surface area contributed by atoms with Gasteiger partial charge < -0.3 is 24.8 Å². The van der Waals surface area contributed by atoms with Crippen LogP contribution in [0.15, 0.2) is 18.2 Å². The molecule has 19 heavy (non-hydrogen) atoms. The molecule has 1 aromatic carbocycles. The Morgan fingerprint density at radius 1 is 1.21 bits per heavy atom. The SMILES string of the molecule is CC1CNCC(O)CN1c1ccc2c(c1)OCCO2. The van der Waals surface area contributed by atoms with Crippen molar-refractivity contribution in [2.24, 2.45) is 0 Å².